The van der Waals surface area contributed by atoms with Crippen LogP contribution in [0.2, 0.25) is 0 Å². The number of amides is 2. The van der Waals surface area contributed by atoms with Gasteiger partial charge in [0, 0.05) is 31.7 Å². The van der Waals surface area contributed by atoms with Gasteiger partial charge in [0.25, 0.3) is 5.89 Å². The van der Waals surface area contributed by atoms with Gasteiger partial charge >= 0.3 is 5.91 Å². The molecule has 2 fully saturated rings. The number of aromatic nitrogens is 1. The SMILES string of the molecule is Cc1cccc(-c2ccc(N3CC(CC4CCCN(C(=O)c5ncco5)CC4)CC3=O)cc2)c1. The molecule has 5 rings (SSSR count). The Morgan fingerprint density at radius 3 is 2.68 bits per heavy atom. The van der Waals surface area contributed by atoms with Crippen molar-refractivity contribution in [3.63, 3.8) is 0 Å². The van der Waals surface area contributed by atoms with Gasteiger partial charge in [0.15, 0.2) is 0 Å². The van der Waals surface area contributed by atoms with E-state index in [4.69, 9.17) is 4.42 Å². The lowest BCUT2D eigenvalue weighted by Crippen LogP contribution is -2.32. The molecule has 2 aromatic carbocycles. The zero-order valence-electron chi connectivity index (χ0n) is 19.7. The Morgan fingerprint density at radius 1 is 1.06 bits per heavy atom. The highest BCUT2D eigenvalue weighted by Crippen LogP contribution is 2.33. The first kappa shape index (κ1) is 22.4. The summed E-state index contributed by atoms with van der Waals surface area (Å²) in [6.45, 7) is 4.33. The first-order valence-corrected chi connectivity index (χ1v) is 12.2. The summed E-state index contributed by atoms with van der Waals surface area (Å²) in [5.74, 6) is 1.15. The minimum Gasteiger partial charge on any atom is -0.441 e. The molecule has 3 aromatic rings. The van der Waals surface area contributed by atoms with Crippen LogP contribution < -0.4 is 4.90 Å². The van der Waals surface area contributed by atoms with Crippen LogP contribution in [0, 0.1) is 18.8 Å². The Labute approximate surface area is 200 Å². The highest BCUT2D eigenvalue weighted by Gasteiger charge is 2.33. The molecule has 2 unspecified atom stereocenters. The molecule has 2 aliphatic heterocycles. The Bertz CT molecular complexity index is 1140. The maximum absolute atomic E-state index is 12.8. The zero-order chi connectivity index (χ0) is 23.5. The molecule has 176 valence electrons. The van der Waals surface area contributed by atoms with E-state index in [0.717, 1.165) is 56.6 Å². The third-order valence-corrected chi connectivity index (χ3v) is 7.15. The summed E-state index contributed by atoms with van der Waals surface area (Å²) in [5.41, 5.74) is 4.58. The van der Waals surface area contributed by atoms with E-state index in [1.165, 1.54) is 23.6 Å². The molecule has 1 aromatic heterocycles. The minimum absolute atomic E-state index is 0.123. The fourth-order valence-electron chi connectivity index (χ4n) is 5.39. The fourth-order valence-corrected chi connectivity index (χ4v) is 5.39. The van der Waals surface area contributed by atoms with Crippen molar-refractivity contribution in [2.75, 3.05) is 24.5 Å². The number of aryl methyl sites for hydroxylation is 1. The van der Waals surface area contributed by atoms with Gasteiger partial charge < -0.3 is 14.2 Å². The Kier molecular flexibility index (Phi) is 6.48. The summed E-state index contributed by atoms with van der Waals surface area (Å²) in [5, 5.41) is 0. The first-order chi connectivity index (χ1) is 16.6. The summed E-state index contributed by atoms with van der Waals surface area (Å²) in [6.07, 6.45) is 7.61. The predicted molar refractivity (Wildman–Crippen MR) is 131 cm³/mol. The van der Waals surface area contributed by atoms with Crippen LogP contribution in [-0.2, 0) is 4.79 Å². The van der Waals surface area contributed by atoms with Crippen LogP contribution in [0.4, 0.5) is 5.69 Å². The van der Waals surface area contributed by atoms with Gasteiger partial charge in [0.1, 0.15) is 6.26 Å². The van der Waals surface area contributed by atoms with Crippen molar-refractivity contribution in [3.05, 3.63) is 72.4 Å². The number of nitrogens with zero attached hydrogens (tertiary/aromatic N) is 3. The standard InChI is InChI=1S/C28H31N3O3/c1-20-4-2-6-24(16-20)23-7-9-25(10-8-23)31-19-22(18-26(31)32)17-21-5-3-13-30(14-11-21)28(33)27-29-12-15-34-27/h2,4,6-10,12,15-16,21-22H,3,5,11,13-14,17-19H2,1H3. The molecule has 0 radical (unpaired) electrons. The molecule has 0 saturated carbocycles. The lowest BCUT2D eigenvalue weighted by atomic mass is 9.89. The van der Waals surface area contributed by atoms with Crippen molar-refractivity contribution in [1.29, 1.82) is 0 Å². The molecule has 34 heavy (non-hydrogen) atoms. The molecule has 2 aliphatic rings. The Balaban J connectivity index is 1.17. The van der Waals surface area contributed by atoms with Crippen molar-refractivity contribution in [3.8, 4) is 11.1 Å². The molecule has 6 nitrogen and oxygen atoms in total. The van der Waals surface area contributed by atoms with E-state index in [1.54, 1.807) is 0 Å². The fraction of sp³-hybridized carbons (Fsp3) is 0.393. The van der Waals surface area contributed by atoms with Crippen molar-refractivity contribution in [2.45, 2.75) is 39.0 Å². The summed E-state index contributed by atoms with van der Waals surface area (Å²) in [7, 11) is 0. The normalized spacial score (nSPS) is 21.0. The van der Waals surface area contributed by atoms with Gasteiger partial charge in [-0.05, 0) is 67.7 Å². The van der Waals surface area contributed by atoms with Gasteiger partial charge in [-0.15, -0.1) is 0 Å². The van der Waals surface area contributed by atoms with Crippen LogP contribution in [0.1, 0.15) is 48.4 Å². The van der Waals surface area contributed by atoms with Gasteiger partial charge in [-0.25, -0.2) is 4.98 Å². The zero-order valence-corrected chi connectivity index (χ0v) is 19.7. The van der Waals surface area contributed by atoms with Crippen LogP contribution >= 0.6 is 0 Å². The molecule has 0 bridgehead atoms. The smallest absolute Gasteiger partial charge is 0.309 e. The number of likely N-dealkylation sites (tertiary alicyclic amines) is 1. The topological polar surface area (TPSA) is 66.7 Å². The lowest BCUT2D eigenvalue weighted by Gasteiger charge is -2.21. The second kappa shape index (κ2) is 9.84. The van der Waals surface area contributed by atoms with Gasteiger partial charge in [0.05, 0.1) is 6.20 Å². The number of anilines is 1. The van der Waals surface area contributed by atoms with Gasteiger partial charge in [-0.3, -0.25) is 9.59 Å². The molecule has 0 spiro atoms. The van der Waals surface area contributed by atoms with Gasteiger partial charge in [0.2, 0.25) is 5.91 Å². The quantitative estimate of drug-likeness (QED) is 0.519. The number of hydrogen-bond donors (Lipinski definition) is 0. The third-order valence-electron chi connectivity index (χ3n) is 7.15. The third kappa shape index (κ3) is 4.91. The minimum atomic E-state index is -0.123. The number of oxazole rings is 1. The van der Waals surface area contributed by atoms with E-state index in [1.807, 2.05) is 9.80 Å². The number of benzene rings is 2. The van der Waals surface area contributed by atoms with Crippen LogP contribution in [-0.4, -0.2) is 41.3 Å². The summed E-state index contributed by atoms with van der Waals surface area (Å²) in [6, 6.07) is 16.8. The molecule has 2 amide bonds. The monoisotopic (exact) mass is 457 g/mol. The van der Waals surface area contributed by atoms with E-state index in [9.17, 15) is 9.59 Å². The second-order valence-corrected chi connectivity index (χ2v) is 9.65. The molecular weight excluding hydrogens is 426 g/mol. The maximum Gasteiger partial charge on any atom is 0.309 e. The van der Waals surface area contributed by atoms with Crippen LogP contribution in [0.3, 0.4) is 0 Å². The van der Waals surface area contributed by atoms with E-state index in [2.05, 4.69) is 60.4 Å². The van der Waals surface area contributed by atoms with Gasteiger partial charge in [-0.2, -0.15) is 0 Å². The maximum atomic E-state index is 12.8. The average molecular weight is 458 g/mol. The van der Waals surface area contributed by atoms with E-state index < -0.39 is 0 Å². The lowest BCUT2D eigenvalue weighted by molar-refractivity contribution is -0.117. The van der Waals surface area contributed by atoms with Crippen molar-refractivity contribution >= 4 is 17.5 Å². The molecule has 2 saturated heterocycles. The average Bonchev–Trinajstić information content (AvgIpc) is 3.44. The Morgan fingerprint density at radius 2 is 1.91 bits per heavy atom. The highest BCUT2D eigenvalue weighted by molar-refractivity contribution is 5.96. The number of rotatable bonds is 5. The van der Waals surface area contributed by atoms with E-state index >= 15 is 0 Å². The molecular formula is C28H31N3O3. The number of hydrogen-bond acceptors (Lipinski definition) is 4. The van der Waals surface area contributed by atoms with Crippen molar-refractivity contribution < 1.29 is 14.0 Å². The molecule has 3 heterocycles. The predicted octanol–water partition coefficient (Wildman–Crippen LogP) is 5.34. The van der Waals surface area contributed by atoms with Crippen molar-refractivity contribution in [1.82, 2.24) is 9.88 Å². The largest absolute Gasteiger partial charge is 0.441 e. The van der Waals surface area contributed by atoms with Gasteiger partial charge in [-0.1, -0.05) is 42.0 Å². The van der Waals surface area contributed by atoms with Crippen LogP contribution in [0.15, 0.2) is 65.4 Å². The van der Waals surface area contributed by atoms with Crippen LogP contribution in [0.5, 0.6) is 0 Å². The van der Waals surface area contributed by atoms with Crippen LogP contribution in [0.25, 0.3) is 11.1 Å². The highest BCUT2D eigenvalue weighted by atomic mass is 16.4. The summed E-state index contributed by atoms with van der Waals surface area (Å²) < 4.78 is 5.18. The molecule has 0 N–H and O–H groups in total. The number of carbonyl (C=O) groups excluding carboxylic acids is 2. The summed E-state index contributed by atoms with van der Waals surface area (Å²) in [4.78, 5) is 33.2. The summed E-state index contributed by atoms with van der Waals surface area (Å²) >= 11 is 0. The number of carbonyl (C=O) groups is 2. The molecule has 6 heteroatoms. The van der Waals surface area contributed by atoms with E-state index in [-0.39, 0.29) is 17.7 Å². The first-order valence-electron chi connectivity index (χ1n) is 12.2. The van der Waals surface area contributed by atoms with Crippen molar-refractivity contribution in [2.24, 2.45) is 11.8 Å². The molecule has 2 atom stereocenters. The Hall–Kier alpha value is -3.41. The van der Waals surface area contributed by atoms with E-state index in [0.29, 0.717) is 18.3 Å². The second-order valence-electron chi connectivity index (χ2n) is 9.65. The molecule has 0 aliphatic carbocycles.